The van der Waals surface area contributed by atoms with Crippen molar-refractivity contribution in [3.8, 4) is 17.1 Å². The van der Waals surface area contributed by atoms with Crippen LogP contribution in [0, 0.1) is 0 Å². The summed E-state index contributed by atoms with van der Waals surface area (Å²) in [4.78, 5) is 7.47. The first-order valence-corrected chi connectivity index (χ1v) is 5.82. The van der Waals surface area contributed by atoms with Crippen molar-refractivity contribution in [2.75, 3.05) is 0 Å². The predicted octanol–water partition coefficient (Wildman–Crippen LogP) is 4.13. The Morgan fingerprint density at radius 1 is 0.950 bits per heavy atom. The van der Waals surface area contributed by atoms with E-state index >= 15 is 0 Å². The summed E-state index contributed by atoms with van der Waals surface area (Å²) in [5.41, 5.74) is 2.37. The standard InChI is InChI=1S/C14H9F3N2O/c15-14(16,17)20-10-7-5-9(6-8-10)13-18-11-3-1-2-4-12(11)19-13/h1-8H,(H,18,19). The number of alkyl halides is 3. The number of hydrogen-bond donors (Lipinski definition) is 1. The predicted molar refractivity (Wildman–Crippen MR) is 68.2 cm³/mol. The lowest BCUT2D eigenvalue weighted by Gasteiger charge is -2.08. The Balaban J connectivity index is 1.90. The molecule has 3 aromatic rings. The molecule has 1 aromatic heterocycles. The lowest BCUT2D eigenvalue weighted by Crippen LogP contribution is -2.16. The fourth-order valence-corrected chi connectivity index (χ4v) is 1.90. The number of para-hydroxylation sites is 2. The molecule has 1 N–H and O–H groups in total. The second kappa shape index (κ2) is 4.56. The average molecular weight is 278 g/mol. The van der Waals surface area contributed by atoms with Gasteiger partial charge >= 0.3 is 6.36 Å². The van der Waals surface area contributed by atoms with Crippen molar-refractivity contribution in [2.45, 2.75) is 6.36 Å². The molecule has 0 aliphatic carbocycles. The minimum atomic E-state index is -4.68. The number of aromatic nitrogens is 2. The molecule has 102 valence electrons. The molecule has 0 saturated carbocycles. The van der Waals surface area contributed by atoms with Crippen LogP contribution in [0.25, 0.3) is 22.4 Å². The first-order valence-electron chi connectivity index (χ1n) is 5.82. The zero-order valence-corrected chi connectivity index (χ0v) is 10.1. The maximum absolute atomic E-state index is 12.1. The largest absolute Gasteiger partial charge is 0.573 e. The number of nitrogens with one attached hydrogen (secondary N) is 1. The maximum Gasteiger partial charge on any atom is 0.573 e. The zero-order valence-electron chi connectivity index (χ0n) is 10.1. The minimum absolute atomic E-state index is 0.252. The molecule has 0 bridgehead atoms. The summed E-state index contributed by atoms with van der Waals surface area (Å²) in [5, 5.41) is 0. The molecular weight excluding hydrogens is 269 g/mol. The van der Waals surface area contributed by atoms with Gasteiger partial charge in [0.25, 0.3) is 0 Å². The Kier molecular flexibility index (Phi) is 2.85. The third-order valence-corrected chi connectivity index (χ3v) is 2.75. The van der Waals surface area contributed by atoms with Gasteiger partial charge in [-0.25, -0.2) is 4.98 Å². The highest BCUT2D eigenvalue weighted by Gasteiger charge is 2.30. The number of fused-ring (bicyclic) bond motifs is 1. The van der Waals surface area contributed by atoms with Crippen LogP contribution in [0.1, 0.15) is 0 Å². The Bertz CT molecular complexity index is 699. The third kappa shape index (κ3) is 2.59. The van der Waals surface area contributed by atoms with Crippen LogP contribution < -0.4 is 4.74 Å². The van der Waals surface area contributed by atoms with Gasteiger partial charge in [0.15, 0.2) is 0 Å². The summed E-state index contributed by atoms with van der Waals surface area (Å²) in [6.45, 7) is 0. The topological polar surface area (TPSA) is 37.9 Å². The highest BCUT2D eigenvalue weighted by Crippen LogP contribution is 2.26. The SMILES string of the molecule is FC(F)(F)Oc1ccc(-c2nc3ccccc3[nH]2)cc1. The molecule has 6 heteroatoms. The summed E-state index contributed by atoms with van der Waals surface area (Å²) in [7, 11) is 0. The van der Waals surface area contributed by atoms with Crippen LogP contribution >= 0.6 is 0 Å². The van der Waals surface area contributed by atoms with Gasteiger partial charge < -0.3 is 9.72 Å². The van der Waals surface area contributed by atoms with E-state index in [-0.39, 0.29) is 5.75 Å². The number of rotatable bonds is 2. The molecule has 0 fully saturated rings. The molecule has 3 rings (SSSR count). The number of nitrogens with zero attached hydrogens (tertiary/aromatic N) is 1. The van der Waals surface area contributed by atoms with Crippen LogP contribution in [0.5, 0.6) is 5.75 Å². The number of ether oxygens (including phenoxy) is 1. The van der Waals surface area contributed by atoms with Crippen LogP contribution in [0.4, 0.5) is 13.2 Å². The smallest absolute Gasteiger partial charge is 0.406 e. The van der Waals surface area contributed by atoms with Gasteiger partial charge in [0.05, 0.1) is 11.0 Å². The van der Waals surface area contributed by atoms with Crippen molar-refractivity contribution in [2.24, 2.45) is 0 Å². The first kappa shape index (κ1) is 12.5. The second-order valence-electron chi connectivity index (χ2n) is 4.17. The molecule has 3 nitrogen and oxygen atoms in total. The van der Waals surface area contributed by atoms with Gasteiger partial charge in [-0.15, -0.1) is 13.2 Å². The van der Waals surface area contributed by atoms with E-state index in [0.717, 1.165) is 11.0 Å². The van der Waals surface area contributed by atoms with Gasteiger partial charge in [0, 0.05) is 5.56 Å². The molecule has 0 atom stereocenters. The van der Waals surface area contributed by atoms with Gasteiger partial charge in [0.1, 0.15) is 11.6 Å². The van der Waals surface area contributed by atoms with Crippen molar-refractivity contribution < 1.29 is 17.9 Å². The monoisotopic (exact) mass is 278 g/mol. The van der Waals surface area contributed by atoms with Crippen LogP contribution in [0.3, 0.4) is 0 Å². The minimum Gasteiger partial charge on any atom is -0.406 e. The van der Waals surface area contributed by atoms with E-state index in [4.69, 9.17) is 0 Å². The van der Waals surface area contributed by atoms with Crippen molar-refractivity contribution in [1.82, 2.24) is 9.97 Å². The molecule has 0 unspecified atom stereocenters. The Morgan fingerprint density at radius 2 is 1.65 bits per heavy atom. The van der Waals surface area contributed by atoms with Gasteiger partial charge in [-0.2, -0.15) is 0 Å². The summed E-state index contributed by atoms with van der Waals surface area (Å²) < 4.78 is 40.0. The van der Waals surface area contributed by atoms with Crippen LogP contribution in [-0.4, -0.2) is 16.3 Å². The number of halogens is 3. The second-order valence-corrected chi connectivity index (χ2v) is 4.17. The van der Waals surface area contributed by atoms with Crippen LogP contribution in [0.15, 0.2) is 48.5 Å². The summed E-state index contributed by atoms with van der Waals surface area (Å²) in [6.07, 6.45) is -4.68. The molecule has 1 heterocycles. The summed E-state index contributed by atoms with van der Waals surface area (Å²) in [5.74, 6) is 0.349. The van der Waals surface area contributed by atoms with Crippen molar-refractivity contribution in [1.29, 1.82) is 0 Å². The number of aromatic amines is 1. The molecule has 2 aromatic carbocycles. The highest BCUT2D eigenvalue weighted by atomic mass is 19.4. The molecule has 20 heavy (non-hydrogen) atoms. The van der Waals surface area contributed by atoms with E-state index in [2.05, 4.69) is 14.7 Å². The first-order chi connectivity index (χ1) is 9.51. The van der Waals surface area contributed by atoms with Gasteiger partial charge in [-0.3, -0.25) is 0 Å². The summed E-state index contributed by atoms with van der Waals surface area (Å²) in [6, 6.07) is 13.1. The quantitative estimate of drug-likeness (QED) is 0.765. The fraction of sp³-hybridized carbons (Fsp3) is 0.0714. The van der Waals surface area contributed by atoms with E-state index < -0.39 is 6.36 Å². The Morgan fingerprint density at radius 3 is 2.30 bits per heavy atom. The normalized spacial score (nSPS) is 11.8. The lowest BCUT2D eigenvalue weighted by atomic mass is 10.2. The Hall–Kier alpha value is -2.50. The number of H-pyrrole nitrogens is 1. The van der Waals surface area contributed by atoms with E-state index in [0.29, 0.717) is 11.4 Å². The van der Waals surface area contributed by atoms with Crippen molar-refractivity contribution in [3.63, 3.8) is 0 Å². The fourth-order valence-electron chi connectivity index (χ4n) is 1.90. The highest BCUT2D eigenvalue weighted by molar-refractivity contribution is 5.79. The van der Waals surface area contributed by atoms with Crippen molar-refractivity contribution in [3.05, 3.63) is 48.5 Å². The zero-order chi connectivity index (χ0) is 14.2. The van der Waals surface area contributed by atoms with Crippen LogP contribution in [0.2, 0.25) is 0 Å². The van der Waals surface area contributed by atoms with Crippen molar-refractivity contribution >= 4 is 11.0 Å². The maximum atomic E-state index is 12.1. The molecule has 0 radical (unpaired) electrons. The van der Waals surface area contributed by atoms with E-state index in [1.54, 1.807) is 0 Å². The summed E-state index contributed by atoms with van der Waals surface area (Å²) >= 11 is 0. The Labute approximate surface area is 112 Å². The van der Waals surface area contributed by atoms with Crippen LogP contribution in [-0.2, 0) is 0 Å². The average Bonchev–Trinajstić information content (AvgIpc) is 2.81. The van der Waals surface area contributed by atoms with Gasteiger partial charge in [-0.05, 0) is 36.4 Å². The molecule has 0 aliphatic rings. The van der Waals surface area contributed by atoms with Gasteiger partial charge in [0.2, 0.25) is 0 Å². The number of benzene rings is 2. The molecule has 0 amide bonds. The lowest BCUT2D eigenvalue weighted by molar-refractivity contribution is -0.274. The molecule has 0 aliphatic heterocycles. The van der Waals surface area contributed by atoms with E-state index in [1.807, 2.05) is 24.3 Å². The van der Waals surface area contributed by atoms with E-state index in [1.165, 1.54) is 24.3 Å². The molecule has 0 saturated heterocycles. The number of imidazole rings is 1. The third-order valence-electron chi connectivity index (χ3n) is 2.75. The molecule has 0 spiro atoms. The molecular formula is C14H9F3N2O. The number of hydrogen-bond acceptors (Lipinski definition) is 2. The van der Waals surface area contributed by atoms with Gasteiger partial charge in [-0.1, -0.05) is 12.1 Å². The van der Waals surface area contributed by atoms with E-state index in [9.17, 15) is 13.2 Å².